The Labute approximate surface area is 98.8 Å². The number of esters is 1. The molecule has 1 aromatic rings. The van der Waals surface area contributed by atoms with Gasteiger partial charge in [-0.25, -0.2) is 4.79 Å². The van der Waals surface area contributed by atoms with Crippen molar-refractivity contribution in [3.05, 3.63) is 33.8 Å². The number of halogens is 1. The van der Waals surface area contributed by atoms with E-state index in [1.54, 1.807) is 6.07 Å². The van der Waals surface area contributed by atoms with E-state index < -0.39 is 0 Å². The van der Waals surface area contributed by atoms with E-state index in [2.05, 4.69) is 15.9 Å². The summed E-state index contributed by atoms with van der Waals surface area (Å²) in [6.45, 7) is 6.43. The number of hydrogen-bond donors (Lipinski definition) is 0. The monoisotopic (exact) mass is 270 g/mol. The lowest BCUT2D eigenvalue weighted by Gasteiger charge is -2.09. The Morgan fingerprint density at radius 3 is 2.73 bits per heavy atom. The first kappa shape index (κ1) is 12.2. The van der Waals surface area contributed by atoms with Gasteiger partial charge in [-0.15, -0.1) is 0 Å². The normalized spacial score (nSPS) is 10.5. The van der Waals surface area contributed by atoms with Gasteiger partial charge < -0.3 is 4.74 Å². The summed E-state index contributed by atoms with van der Waals surface area (Å²) in [5, 5.41) is 0. The van der Waals surface area contributed by atoms with Crippen LogP contribution >= 0.6 is 15.9 Å². The summed E-state index contributed by atoms with van der Waals surface area (Å²) in [7, 11) is 0. The van der Waals surface area contributed by atoms with Gasteiger partial charge in [0.2, 0.25) is 0 Å². The van der Waals surface area contributed by atoms with E-state index in [1.165, 1.54) is 0 Å². The second kappa shape index (κ2) is 5.31. The summed E-state index contributed by atoms with van der Waals surface area (Å²) in [5.41, 5.74) is 1.63. The maximum atomic E-state index is 11.7. The molecule has 0 N–H and O–H groups in total. The van der Waals surface area contributed by atoms with E-state index in [0.29, 0.717) is 18.1 Å². The highest BCUT2D eigenvalue weighted by molar-refractivity contribution is 9.10. The van der Waals surface area contributed by atoms with Crippen molar-refractivity contribution in [1.82, 2.24) is 0 Å². The minimum atomic E-state index is -0.265. The van der Waals surface area contributed by atoms with Crippen LogP contribution < -0.4 is 0 Å². The predicted octanol–water partition coefficient (Wildman–Crippen LogP) is 3.57. The van der Waals surface area contributed by atoms with Crippen molar-refractivity contribution in [3.8, 4) is 0 Å². The van der Waals surface area contributed by atoms with Crippen LogP contribution in [0.3, 0.4) is 0 Å². The zero-order chi connectivity index (χ0) is 11.4. The van der Waals surface area contributed by atoms with Gasteiger partial charge in [0.25, 0.3) is 0 Å². The third kappa shape index (κ3) is 3.34. The van der Waals surface area contributed by atoms with Crippen LogP contribution in [0.4, 0.5) is 0 Å². The molecule has 1 aromatic carbocycles. The maximum Gasteiger partial charge on any atom is 0.339 e. The van der Waals surface area contributed by atoms with E-state index in [0.717, 1.165) is 10.0 Å². The minimum Gasteiger partial charge on any atom is -0.462 e. The van der Waals surface area contributed by atoms with Crippen LogP contribution in [-0.2, 0) is 4.74 Å². The number of benzene rings is 1. The first-order valence-corrected chi connectivity index (χ1v) is 5.74. The molecule has 0 saturated heterocycles. The molecule has 0 heterocycles. The summed E-state index contributed by atoms with van der Waals surface area (Å²) >= 11 is 3.39. The van der Waals surface area contributed by atoms with Gasteiger partial charge in [0.05, 0.1) is 12.2 Å². The van der Waals surface area contributed by atoms with Crippen LogP contribution in [0.2, 0.25) is 0 Å². The first-order chi connectivity index (χ1) is 7.02. The molecule has 0 aliphatic heterocycles. The van der Waals surface area contributed by atoms with Crippen molar-refractivity contribution in [2.24, 2.45) is 5.92 Å². The van der Waals surface area contributed by atoms with Gasteiger partial charge >= 0.3 is 5.97 Å². The molecule has 1 rings (SSSR count). The highest BCUT2D eigenvalue weighted by Gasteiger charge is 2.12. The van der Waals surface area contributed by atoms with E-state index in [9.17, 15) is 4.79 Å². The molecule has 82 valence electrons. The smallest absolute Gasteiger partial charge is 0.339 e. The molecule has 0 spiro atoms. The Balaban J connectivity index is 2.78. The van der Waals surface area contributed by atoms with Gasteiger partial charge in [0, 0.05) is 4.47 Å². The van der Waals surface area contributed by atoms with E-state index >= 15 is 0 Å². The Morgan fingerprint density at radius 2 is 2.13 bits per heavy atom. The van der Waals surface area contributed by atoms with Crippen molar-refractivity contribution in [2.45, 2.75) is 20.8 Å². The molecule has 2 nitrogen and oxygen atoms in total. The molecule has 0 aromatic heterocycles. The van der Waals surface area contributed by atoms with Crippen molar-refractivity contribution >= 4 is 21.9 Å². The third-order valence-corrected chi connectivity index (χ3v) is 3.01. The maximum absolute atomic E-state index is 11.7. The summed E-state index contributed by atoms with van der Waals surface area (Å²) in [4.78, 5) is 11.7. The topological polar surface area (TPSA) is 26.3 Å². The lowest BCUT2D eigenvalue weighted by atomic mass is 10.1. The summed E-state index contributed by atoms with van der Waals surface area (Å²) in [5.74, 6) is 0.0943. The molecule has 0 aliphatic rings. The molecule has 0 aliphatic carbocycles. The van der Waals surface area contributed by atoms with Gasteiger partial charge in [-0.3, -0.25) is 0 Å². The molecule has 0 radical (unpaired) electrons. The van der Waals surface area contributed by atoms with Crippen LogP contribution in [0.25, 0.3) is 0 Å². The van der Waals surface area contributed by atoms with Crippen LogP contribution in [0.5, 0.6) is 0 Å². The van der Waals surface area contributed by atoms with Crippen LogP contribution in [-0.4, -0.2) is 12.6 Å². The Morgan fingerprint density at radius 1 is 1.47 bits per heavy atom. The molecule has 0 unspecified atom stereocenters. The van der Waals surface area contributed by atoms with Gasteiger partial charge in [-0.05, 0) is 40.4 Å². The fraction of sp³-hybridized carbons (Fsp3) is 0.417. The average molecular weight is 271 g/mol. The standard InChI is InChI=1S/C12H15BrO2/c1-8(2)7-15-12(14)10-6-4-5-9(3)11(10)13/h4-6,8H,7H2,1-3H3. The second-order valence-electron chi connectivity index (χ2n) is 3.93. The molecule has 15 heavy (non-hydrogen) atoms. The summed E-state index contributed by atoms with van der Waals surface area (Å²) < 4.78 is 5.97. The van der Waals surface area contributed by atoms with Gasteiger partial charge in [0.15, 0.2) is 0 Å². The Kier molecular flexibility index (Phi) is 4.33. The van der Waals surface area contributed by atoms with Crippen LogP contribution in [0.1, 0.15) is 29.8 Å². The fourth-order valence-electron chi connectivity index (χ4n) is 1.13. The van der Waals surface area contributed by atoms with E-state index in [-0.39, 0.29) is 5.97 Å². The molecule has 3 heteroatoms. The molecular weight excluding hydrogens is 256 g/mol. The quantitative estimate of drug-likeness (QED) is 0.785. The number of aryl methyl sites for hydroxylation is 1. The minimum absolute atomic E-state index is 0.265. The Bertz CT molecular complexity index is 359. The van der Waals surface area contributed by atoms with Gasteiger partial charge in [0.1, 0.15) is 0 Å². The summed E-state index contributed by atoms with van der Waals surface area (Å²) in [6, 6.07) is 5.56. The second-order valence-corrected chi connectivity index (χ2v) is 4.72. The molecule has 0 bridgehead atoms. The van der Waals surface area contributed by atoms with E-state index in [4.69, 9.17) is 4.74 Å². The molecule has 0 saturated carbocycles. The predicted molar refractivity (Wildman–Crippen MR) is 64.0 cm³/mol. The highest BCUT2D eigenvalue weighted by Crippen LogP contribution is 2.21. The number of carbonyl (C=O) groups excluding carboxylic acids is 1. The van der Waals surface area contributed by atoms with Crippen LogP contribution in [0.15, 0.2) is 22.7 Å². The molecule has 0 atom stereocenters. The van der Waals surface area contributed by atoms with Crippen LogP contribution in [0, 0.1) is 12.8 Å². The number of rotatable bonds is 3. The largest absolute Gasteiger partial charge is 0.462 e. The number of carbonyl (C=O) groups is 1. The zero-order valence-corrected chi connectivity index (χ0v) is 10.8. The van der Waals surface area contributed by atoms with Crippen molar-refractivity contribution < 1.29 is 9.53 Å². The number of hydrogen-bond acceptors (Lipinski definition) is 2. The summed E-state index contributed by atoms with van der Waals surface area (Å²) in [6.07, 6.45) is 0. The lowest BCUT2D eigenvalue weighted by molar-refractivity contribution is 0.0458. The third-order valence-electron chi connectivity index (χ3n) is 1.96. The zero-order valence-electron chi connectivity index (χ0n) is 9.21. The molecular formula is C12H15BrO2. The Hall–Kier alpha value is -0.830. The van der Waals surface area contributed by atoms with Gasteiger partial charge in [-0.2, -0.15) is 0 Å². The first-order valence-electron chi connectivity index (χ1n) is 4.94. The van der Waals surface area contributed by atoms with Crippen molar-refractivity contribution in [2.75, 3.05) is 6.61 Å². The van der Waals surface area contributed by atoms with Gasteiger partial charge in [-0.1, -0.05) is 26.0 Å². The average Bonchev–Trinajstić information content (AvgIpc) is 2.18. The van der Waals surface area contributed by atoms with Crippen molar-refractivity contribution in [1.29, 1.82) is 0 Å². The van der Waals surface area contributed by atoms with Crippen molar-refractivity contribution in [3.63, 3.8) is 0 Å². The molecule has 0 fully saturated rings. The highest BCUT2D eigenvalue weighted by atomic mass is 79.9. The number of ether oxygens (including phenoxy) is 1. The SMILES string of the molecule is Cc1cccc(C(=O)OCC(C)C)c1Br. The lowest BCUT2D eigenvalue weighted by Crippen LogP contribution is -2.11. The molecule has 0 amide bonds. The van der Waals surface area contributed by atoms with E-state index in [1.807, 2.05) is 32.9 Å². The fourth-order valence-corrected chi connectivity index (χ4v) is 1.55.